The van der Waals surface area contributed by atoms with E-state index in [9.17, 15) is 13.2 Å². The normalized spacial score (nSPS) is 11.1. The molecule has 1 aromatic rings. The number of rotatable bonds is 10. The molecule has 0 heterocycles. The summed E-state index contributed by atoms with van der Waals surface area (Å²) in [7, 11) is -3.25. The lowest BCUT2D eigenvalue weighted by atomic mass is 10.2. The quantitative estimate of drug-likeness (QED) is 0.626. The van der Waals surface area contributed by atoms with Crippen LogP contribution in [0.2, 0.25) is 0 Å². The van der Waals surface area contributed by atoms with Crippen LogP contribution in [0, 0.1) is 11.3 Å². The average molecular weight is 353 g/mol. The SMILES string of the molecule is CC(C)S(=O)(=O)NCCCCC(=O)Nc1cccc(OCC#N)c1. The van der Waals surface area contributed by atoms with Crippen molar-refractivity contribution >= 4 is 21.6 Å². The van der Waals surface area contributed by atoms with E-state index in [1.807, 2.05) is 6.07 Å². The summed E-state index contributed by atoms with van der Waals surface area (Å²) in [5.41, 5.74) is 0.593. The summed E-state index contributed by atoms with van der Waals surface area (Å²) in [6.07, 6.45) is 1.47. The molecule has 1 rings (SSSR count). The molecule has 2 N–H and O–H groups in total. The fourth-order valence-electron chi connectivity index (χ4n) is 1.79. The maximum absolute atomic E-state index is 11.9. The van der Waals surface area contributed by atoms with E-state index in [4.69, 9.17) is 10.00 Å². The summed E-state index contributed by atoms with van der Waals surface area (Å²) < 4.78 is 30.8. The van der Waals surface area contributed by atoms with Crippen molar-refractivity contribution in [1.82, 2.24) is 4.72 Å². The van der Waals surface area contributed by atoms with Crippen LogP contribution in [0.3, 0.4) is 0 Å². The highest BCUT2D eigenvalue weighted by Gasteiger charge is 2.14. The van der Waals surface area contributed by atoms with Gasteiger partial charge in [0.2, 0.25) is 15.9 Å². The van der Waals surface area contributed by atoms with Crippen LogP contribution in [-0.4, -0.2) is 32.7 Å². The maximum Gasteiger partial charge on any atom is 0.224 e. The molecule has 0 aliphatic rings. The summed E-state index contributed by atoms with van der Waals surface area (Å²) in [5, 5.41) is 10.8. The fourth-order valence-corrected chi connectivity index (χ4v) is 2.56. The largest absolute Gasteiger partial charge is 0.479 e. The van der Waals surface area contributed by atoms with Gasteiger partial charge in [0.05, 0.1) is 5.25 Å². The third kappa shape index (κ3) is 7.44. The minimum atomic E-state index is -3.25. The molecule has 0 saturated heterocycles. The maximum atomic E-state index is 11.9. The van der Waals surface area contributed by atoms with Crippen LogP contribution in [0.25, 0.3) is 0 Å². The Hall–Kier alpha value is -2.11. The van der Waals surface area contributed by atoms with Crippen molar-refractivity contribution in [3.63, 3.8) is 0 Å². The average Bonchev–Trinajstić information content (AvgIpc) is 2.52. The van der Waals surface area contributed by atoms with Gasteiger partial charge in [-0.3, -0.25) is 4.79 Å². The Kier molecular flexibility index (Phi) is 8.22. The molecule has 0 atom stereocenters. The second kappa shape index (κ2) is 9.90. The molecule has 132 valence electrons. The molecule has 0 aliphatic heterocycles. The number of hydrogen-bond donors (Lipinski definition) is 2. The summed E-state index contributed by atoms with van der Waals surface area (Å²) in [5.74, 6) is 0.358. The zero-order valence-electron chi connectivity index (χ0n) is 13.9. The lowest BCUT2D eigenvalue weighted by Gasteiger charge is -2.09. The van der Waals surface area contributed by atoms with Gasteiger partial charge in [0.15, 0.2) is 6.61 Å². The molecule has 7 nitrogen and oxygen atoms in total. The number of ether oxygens (including phenoxy) is 1. The van der Waals surface area contributed by atoms with Crippen LogP contribution in [0.1, 0.15) is 33.1 Å². The molecule has 0 spiro atoms. The van der Waals surface area contributed by atoms with E-state index in [1.54, 1.807) is 38.1 Å². The predicted octanol–water partition coefficient (Wildman–Crippen LogP) is 2.03. The predicted molar refractivity (Wildman–Crippen MR) is 92.1 cm³/mol. The number of sulfonamides is 1. The van der Waals surface area contributed by atoms with Crippen LogP contribution >= 0.6 is 0 Å². The Bertz CT molecular complexity index is 681. The van der Waals surface area contributed by atoms with Crippen LogP contribution in [0.4, 0.5) is 5.69 Å². The smallest absolute Gasteiger partial charge is 0.224 e. The monoisotopic (exact) mass is 353 g/mol. The first-order chi connectivity index (χ1) is 11.3. The minimum absolute atomic E-state index is 0.0519. The van der Waals surface area contributed by atoms with Crippen molar-refractivity contribution in [1.29, 1.82) is 5.26 Å². The van der Waals surface area contributed by atoms with Gasteiger partial charge in [-0.2, -0.15) is 5.26 Å². The Morgan fingerprint density at radius 3 is 2.75 bits per heavy atom. The van der Waals surface area contributed by atoms with E-state index < -0.39 is 15.3 Å². The van der Waals surface area contributed by atoms with Crippen molar-refractivity contribution in [2.24, 2.45) is 0 Å². The van der Waals surface area contributed by atoms with Gasteiger partial charge in [0, 0.05) is 24.7 Å². The first kappa shape index (κ1) is 19.9. The molecule has 24 heavy (non-hydrogen) atoms. The number of nitrogens with one attached hydrogen (secondary N) is 2. The second-order valence-corrected chi connectivity index (χ2v) is 7.79. The second-order valence-electron chi connectivity index (χ2n) is 5.47. The number of hydrogen-bond acceptors (Lipinski definition) is 5. The third-order valence-corrected chi connectivity index (χ3v) is 5.02. The topological polar surface area (TPSA) is 108 Å². The lowest BCUT2D eigenvalue weighted by molar-refractivity contribution is -0.116. The number of carbonyl (C=O) groups is 1. The highest BCUT2D eigenvalue weighted by atomic mass is 32.2. The number of nitriles is 1. The molecular weight excluding hydrogens is 330 g/mol. The first-order valence-electron chi connectivity index (χ1n) is 7.73. The van der Waals surface area contributed by atoms with Gasteiger partial charge in [-0.15, -0.1) is 0 Å². The van der Waals surface area contributed by atoms with Crippen molar-refractivity contribution in [2.75, 3.05) is 18.5 Å². The Balaban J connectivity index is 2.31. The summed E-state index contributed by atoms with van der Waals surface area (Å²) in [6, 6.07) is 8.68. The van der Waals surface area contributed by atoms with Gasteiger partial charge in [0.1, 0.15) is 11.8 Å². The zero-order valence-corrected chi connectivity index (χ0v) is 14.7. The molecule has 0 aromatic heterocycles. The van der Waals surface area contributed by atoms with Crippen LogP contribution in [0.15, 0.2) is 24.3 Å². The molecule has 0 saturated carbocycles. The van der Waals surface area contributed by atoms with Crippen molar-refractivity contribution in [3.8, 4) is 11.8 Å². The molecule has 0 fully saturated rings. The summed E-state index contributed by atoms with van der Waals surface area (Å²) in [4.78, 5) is 11.9. The van der Waals surface area contributed by atoms with E-state index in [-0.39, 0.29) is 12.5 Å². The number of nitrogens with zero attached hydrogens (tertiary/aromatic N) is 1. The molecule has 0 unspecified atom stereocenters. The van der Waals surface area contributed by atoms with Crippen LogP contribution in [-0.2, 0) is 14.8 Å². The van der Waals surface area contributed by atoms with Gasteiger partial charge >= 0.3 is 0 Å². The van der Waals surface area contributed by atoms with Gasteiger partial charge in [-0.1, -0.05) is 6.07 Å². The fraction of sp³-hybridized carbons (Fsp3) is 0.500. The Morgan fingerprint density at radius 1 is 1.33 bits per heavy atom. The Morgan fingerprint density at radius 2 is 2.08 bits per heavy atom. The third-order valence-electron chi connectivity index (χ3n) is 3.18. The van der Waals surface area contributed by atoms with E-state index in [0.29, 0.717) is 37.2 Å². The number of unbranched alkanes of at least 4 members (excludes halogenated alkanes) is 1. The number of anilines is 1. The minimum Gasteiger partial charge on any atom is -0.479 e. The number of carbonyl (C=O) groups excluding carboxylic acids is 1. The van der Waals surface area contributed by atoms with Gasteiger partial charge in [0.25, 0.3) is 0 Å². The van der Waals surface area contributed by atoms with E-state index >= 15 is 0 Å². The van der Waals surface area contributed by atoms with Gasteiger partial charge < -0.3 is 10.1 Å². The molecule has 0 radical (unpaired) electrons. The molecule has 0 bridgehead atoms. The molecule has 1 aromatic carbocycles. The lowest BCUT2D eigenvalue weighted by Crippen LogP contribution is -2.31. The highest BCUT2D eigenvalue weighted by Crippen LogP contribution is 2.17. The standard InChI is InChI=1S/C16H23N3O4S/c1-13(2)24(21,22)18-10-4-3-8-16(20)19-14-6-5-7-15(12-14)23-11-9-17/h5-7,12-13,18H,3-4,8,10-11H2,1-2H3,(H,19,20). The van der Waals surface area contributed by atoms with Gasteiger partial charge in [-0.25, -0.2) is 13.1 Å². The van der Waals surface area contributed by atoms with E-state index in [0.717, 1.165) is 0 Å². The Labute approximate surface area is 143 Å². The van der Waals surface area contributed by atoms with Gasteiger partial charge in [-0.05, 0) is 38.8 Å². The van der Waals surface area contributed by atoms with Crippen molar-refractivity contribution < 1.29 is 17.9 Å². The van der Waals surface area contributed by atoms with Crippen molar-refractivity contribution in [3.05, 3.63) is 24.3 Å². The number of benzene rings is 1. The first-order valence-corrected chi connectivity index (χ1v) is 9.28. The molecule has 0 aliphatic carbocycles. The number of amides is 1. The molecular formula is C16H23N3O4S. The van der Waals surface area contributed by atoms with E-state index in [2.05, 4.69) is 10.0 Å². The van der Waals surface area contributed by atoms with Crippen molar-refractivity contribution in [2.45, 2.75) is 38.4 Å². The molecule has 1 amide bonds. The zero-order chi connectivity index (χ0) is 18.0. The highest BCUT2D eigenvalue weighted by molar-refractivity contribution is 7.90. The van der Waals surface area contributed by atoms with E-state index in [1.165, 1.54) is 0 Å². The summed E-state index contributed by atoms with van der Waals surface area (Å²) >= 11 is 0. The molecule has 8 heteroatoms. The summed E-state index contributed by atoms with van der Waals surface area (Å²) in [6.45, 7) is 3.50. The van der Waals surface area contributed by atoms with Crippen LogP contribution in [0.5, 0.6) is 5.75 Å². The van der Waals surface area contributed by atoms with Crippen LogP contribution < -0.4 is 14.8 Å².